The molecule has 1 heterocycles. The van der Waals surface area contributed by atoms with Crippen molar-refractivity contribution in [3.05, 3.63) is 204 Å². The molecule has 0 radical (unpaired) electrons. The van der Waals surface area contributed by atoms with Gasteiger partial charge >= 0.3 is 0 Å². The molecule has 1 unspecified atom stereocenters. The number of hydrogen-bond donors (Lipinski definition) is 0. The second-order valence-electron chi connectivity index (χ2n) is 14.3. The summed E-state index contributed by atoms with van der Waals surface area (Å²) >= 11 is 1.89. The molecule has 52 heavy (non-hydrogen) atoms. The van der Waals surface area contributed by atoms with Crippen molar-refractivity contribution in [3.63, 3.8) is 0 Å². The normalized spacial score (nSPS) is 15.7. The van der Waals surface area contributed by atoms with Gasteiger partial charge in [-0.2, -0.15) is 0 Å². The van der Waals surface area contributed by atoms with Gasteiger partial charge in [-0.05, 0) is 112 Å². The van der Waals surface area contributed by atoms with E-state index in [1.807, 2.05) is 11.8 Å². The van der Waals surface area contributed by atoms with Crippen LogP contribution in [-0.2, 0) is 5.41 Å². The third-order valence-electron chi connectivity index (χ3n) is 11.9. The van der Waals surface area contributed by atoms with Crippen LogP contribution in [0.5, 0.6) is 0 Å². The molecule has 1 aliphatic heterocycles. The molecule has 0 nitrogen and oxygen atoms in total. The van der Waals surface area contributed by atoms with E-state index in [9.17, 15) is 0 Å². The summed E-state index contributed by atoms with van der Waals surface area (Å²) in [5.41, 5.74) is 18.1. The molecule has 0 saturated heterocycles. The lowest BCUT2D eigenvalue weighted by Gasteiger charge is -2.32. The van der Waals surface area contributed by atoms with E-state index in [-0.39, 0.29) is 0 Å². The van der Waals surface area contributed by atoms with E-state index < -0.39 is 5.41 Å². The lowest BCUT2D eigenvalue weighted by Crippen LogP contribution is -2.26. The van der Waals surface area contributed by atoms with Crippen LogP contribution < -0.4 is 0 Å². The highest BCUT2D eigenvalue weighted by molar-refractivity contribution is 7.99. The van der Waals surface area contributed by atoms with E-state index in [1.54, 1.807) is 0 Å². The quantitative estimate of drug-likeness (QED) is 0.176. The van der Waals surface area contributed by atoms with E-state index in [0.29, 0.717) is 0 Å². The van der Waals surface area contributed by atoms with Crippen molar-refractivity contribution in [2.24, 2.45) is 0 Å². The summed E-state index contributed by atoms with van der Waals surface area (Å²) in [6.45, 7) is 0. The lowest BCUT2D eigenvalue weighted by molar-refractivity contribution is 0.801. The van der Waals surface area contributed by atoms with E-state index >= 15 is 0 Å². The Bertz CT molecular complexity index is 2990. The average molecular weight is 675 g/mol. The first-order chi connectivity index (χ1) is 25.8. The van der Waals surface area contributed by atoms with Crippen molar-refractivity contribution in [3.8, 4) is 55.6 Å². The number of hydrogen-bond acceptors (Lipinski definition) is 1. The third kappa shape index (κ3) is 3.59. The Hall–Kier alpha value is -6.15. The summed E-state index contributed by atoms with van der Waals surface area (Å²) in [4.78, 5) is 2.65. The van der Waals surface area contributed by atoms with Crippen LogP contribution in [0.15, 0.2) is 192 Å². The Morgan fingerprint density at radius 2 is 0.923 bits per heavy atom. The van der Waals surface area contributed by atoms with Gasteiger partial charge in [0.2, 0.25) is 0 Å². The summed E-state index contributed by atoms with van der Waals surface area (Å²) in [7, 11) is 0. The van der Waals surface area contributed by atoms with Crippen molar-refractivity contribution in [1.82, 2.24) is 0 Å². The molecule has 1 spiro atoms. The lowest BCUT2D eigenvalue weighted by atomic mass is 9.69. The van der Waals surface area contributed by atoms with Crippen molar-refractivity contribution < 1.29 is 0 Å². The second kappa shape index (κ2) is 10.4. The third-order valence-corrected chi connectivity index (χ3v) is 13.0. The monoisotopic (exact) mass is 674 g/mol. The van der Waals surface area contributed by atoms with E-state index in [0.717, 1.165) is 0 Å². The number of rotatable bonds is 2. The van der Waals surface area contributed by atoms with Gasteiger partial charge in [0, 0.05) is 15.2 Å². The van der Waals surface area contributed by atoms with Crippen molar-refractivity contribution >= 4 is 33.3 Å². The van der Waals surface area contributed by atoms with Crippen LogP contribution in [0.1, 0.15) is 22.3 Å². The van der Waals surface area contributed by atoms with Crippen molar-refractivity contribution in [2.75, 3.05) is 0 Å². The predicted octanol–water partition coefficient (Wildman–Crippen LogP) is 13.8. The van der Waals surface area contributed by atoms with E-state index in [1.165, 1.54) is 109 Å². The Kier molecular flexibility index (Phi) is 5.73. The van der Waals surface area contributed by atoms with Crippen LogP contribution in [0.4, 0.5) is 0 Å². The standard InChI is InChI=1S/C51H30S/c1-2-14-34-31(12-1)24-27-43-38-17-6-9-22-45(38)51(50(34)43)44-21-8-5-16-37(44)39-26-25-32(30-46(39)51)33-13-3-4-15-35(33)36-28-29-48-49-41(36)19-11-20-42(49)40-18-7-10-23-47(40)52-48/h1-30H. The predicted molar refractivity (Wildman–Crippen MR) is 218 cm³/mol. The van der Waals surface area contributed by atoms with E-state index in [2.05, 4.69) is 182 Å². The first kappa shape index (κ1) is 28.5. The summed E-state index contributed by atoms with van der Waals surface area (Å²) in [6, 6.07) is 68.5. The van der Waals surface area contributed by atoms with Crippen LogP contribution in [0, 0.1) is 0 Å². The molecular weight excluding hydrogens is 645 g/mol. The second-order valence-corrected chi connectivity index (χ2v) is 15.4. The molecular formula is C51H30S. The molecule has 0 amide bonds. The highest BCUT2D eigenvalue weighted by Gasteiger charge is 2.52. The highest BCUT2D eigenvalue weighted by atomic mass is 32.2. The fourth-order valence-electron chi connectivity index (χ4n) is 9.87. The maximum atomic E-state index is 2.53. The average Bonchev–Trinajstić information content (AvgIpc) is 3.68. The molecule has 12 rings (SSSR count). The minimum atomic E-state index is -0.422. The molecule has 0 saturated carbocycles. The SMILES string of the molecule is c1ccc2c(c1)Sc1ccc(-c3ccccc3-c3ccc4c(c3)C3(c5ccccc5-4)c4ccccc4-c4ccc5ccccc5c43)c3cccc-2c13. The summed E-state index contributed by atoms with van der Waals surface area (Å²) in [6.07, 6.45) is 0. The van der Waals surface area contributed by atoms with Gasteiger partial charge in [0.1, 0.15) is 0 Å². The first-order valence-electron chi connectivity index (χ1n) is 18.1. The Labute approximate surface area is 307 Å². The van der Waals surface area contributed by atoms with Crippen LogP contribution in [0.25, 0.3) is 77.2 Å². The minimum absolute atomic E-state index is 0.422. The minimum Gasteiger partial charge on any atom is -0.0888 e. The first-order valence-corrected chi connectivity index (χ1v) is 18.9. The largest absolute Gasteiger partial charge is 0.0888 e. The van der Waals surface area contributed by atoms with Crippen molar-refractivity contribution in [2.45, 2.75) is 15.2 Å². The van der Waals surface area contributed by atoms with Crippen molar-refractivity contribution in [1.29, 1.82) is 0 Å². The Morgan fingerprint density at radius 1 is 0.327 bits per heavy atom. The summed E-state index contributed by atoms with van der Waals surface area (Å²) < 4.78 is 0. The zero-order chi connectivity index (χ0) is 34.0. The molecule has 0 N–H and O–H groups in total. The molecule has 1 atom stereocenters. The van der Waals surface area contributed by atoms with Gasteiger partial charge in [0.15, 0.2) is 0 Å². The highest BCUT2D eigenvalue weighted by Crippen LogP contribution is 2.64. The zero-order valence-electron chi connectivity index (χ0n) is 28.2. The summed E-state index contributed by atoms with van der Waals surface area (Å²) in [5.74, 6) is 0. The van der Waals surface area contributed by atoms with Crippen LogP contribution >= 0.6 is 11.8 Å². The molecule has 240 valence electrons. The molecule has 3 aliphatic rings. The zero-order valence-corrected chi connectivity index (χ0v) is 29.0. The summed E-state index contributed by atoms with van der Waals surface area (Å²) in [5, 5.41) is 5.27. The maximum Gasteiger partial charge on any atom is 0.0731 e. The van der Waals surface area contributed by atoms with Gasteiger partial charge in [-0.25, -0.2) is 0 Å². The van der Waals surface area contributed by atoms with Gasteiger partial charge in [-0.3, -0.25) is 0 Å². The molecule has 2 aliphatic carbocycles. The van der Waals surface area contributed by atoms with Crippen LogP contribution in [-0.4, -0.2) is 0 Å². The van der Waals surface area contributed by atoms with Gasteiger partial charge < -0.3 is 0 Å². The van der Waals surface area contributed by atoms with Gasteiger partial charge in [0.05, 0.1) is 5.41 Å². The van der Waals surface area contributed by atoms with Gasteiger partial charge in [-0.15, -0.1) is 0 Å². The van der Waals surface area contributed by atoms with Gasteiger partial charge in [-0.1, -0.05) is 176 Å². The molecule has 0 fully saturated rings. The molecule has 0 bridgehead atoms. The molecule has 9 aromatic rings. The molecule has 0 aromatic heterocycles. The molecule has 9 aromatic carbocycles. The van der Waals surface area contributed by atoms with Crippen LogP contribution in [0.3, 0.4) is 0 Å². The topological polar surface area (TPSA) is 0 Å². The van der Waals surface area contributed by atoms with Crippen LogP contribution in [0.2, 0.25) is 0 Å². The smallest absolute Gasteiger partial charge is 0.0731 e. The fraction of sp³-hybridized carbons (Fsp3) is 0.0196. The fourth-order valence-corrected chi connectivity index (χ4v) is 11.0. The molecule has 1 heteroatoms. The number of benzene rings is 9. The van der Waals surface area contributed by atoms with E-state index in [4.69, 9.17) is 0 Å². The van der Waals surface area contributed by atoms with Gasteiger partial charge in [0.25, 0.3) is 0 Å². The Balaban J connectivity index is 1.13. The Morgan fingerprint density at radius 3 is 1.77 bits per heavy atom. The number of fused-ring (bicyclic) bond motifs is 14. The maximum absolute atomic E-state index is 2.53.